The number of nitrogens with one attached hydrogen (secondary N) is 1. The highest BCUT2D eigenvalue weighted by Gasteiger charge is 2.32. The van der Waals surface area contributed by atoms with Crippen LogP contribution in [0.5, 0.6) is 0 Å². The Morgan fingerprint density at radius 2 is 1.77 bits per heavy atom. The second-order valence-corrected chi connectivity index (χ2v) is 8.11. The van der Waals surface area contributed by atoms with Crippen LogP contribution < -0.4 is 11.1 Å². The third-order valence-electron chi connectivity index (χ3n) is 6.11. The van der Waals surface area contributed by atoms with Gasteiger partial charge in [0.1, 0.15) is 0 Å². The molecule has 1 aliphatic rings. The van der Waals surface area contributed by atoms with Gasteiger partial charge in [-0.15, -0.1) is 0 Å². The number of nitrogens with two attached hydrogens (primary N) is 1. The molecule has 0 radical (unpaired) electrons. The second kappa shape index (κ2) is 8.67. The number of fused-ring (bicyclic) bond motifs is 1. The number of alkyl halides is 3. The fourth-order valence-corrected chi connectivity index (χ4v) is 4.40. The van der Waals surface area contributed by atoms with Crippen molar-refractivity contribution in [2.24, 2.45) is 11.7 Å². The molecule has 2 aromatic carbocycles. The van der Waals surface area contributed by atoms with Crippen LogP contribution in [0.15, 0.2) is 60.8 Å². The second-order valence-electron chi connectivity index (χ2n) is 8.11. The van der Waals surface area contributed by atoms with E-state index in [1.165, 1.54) is 12.1 Å². The maximum atomic E-state index is 12.9. The minimum atomic E-state index is -4.47. The SMILES string of the molecule is NC(c1cccc2ncccc12)C1CCC(NC(=O)c2cccc(C(F)(F)F)c2)CC1. The van der Waals surface area contributed by atoms with Gasteiger partial charge in [-0.2, -0.15) is 13.2 Å². The van der Waals surface area contributed by atoms with Crippen LogP contribution >= 0.6 is 0 Å². The Morgan fingerprint density at radius 1 is 1.03 bits per heavy atom. The number of benzene rings is 2. The van der Waals surface area contributed by atoms with Crippen LogP contribution in [0.4, 0.5) is 13.2 Å². The van der Waals surface area contributed by atoms with Gasteiger partial charge >= 0.3 is 6.18 Å². The summed E-state index contributed by atoms with van der Waals surface area (Å²) in [5.41, 5.74) is 7.80. The van der Waals surface area contributed by atoms with Gasteiger partial charge in [0.2, 0.25) is 0 Å². The van der Waals surface area contributed by atoms with Gasteiger partial charge in [0.15, 0.2) is 0 Å². The molecule has 4 rings (SSSR count). The van der Waals surface area contributed by atoms with Crippen molar-refractivity contribution in [2.75, 3.05) is 0 Å². The number of nitrogens with zero attached hydrogens (tertiary/aromatic N) is 1. The summed E-state index contributed by atoms with van der Waals surface area (Å²) in [4.78, 5) is 16.9. The molecule has 0 saturated heterocycles. The topological polar surface area (TPSA) is 68.0 Å². The number of carbonyl (C=O) groups is 1. The number of hydrogen-bond donors (Lipinski definition) is 2. The van der Waals surface area contributed by atoms with Crippen molar-refractivity contribution in [2.45, 2.75) is 43.9 Å². The lowest BCUT2D eigenvalue weighted by atomic mass is 9.79. The van der Waals surface area contributed by atoms with E-state index in [0.29, 0.717) is 0 Å². The van der Waals surface area contributed by atoms with Crippen molar-refractivity contribution in [3.8, 4) is 0 Å². The minimum Gasteiger partial charge on any atom is -0.349 e. The first-order valence-electron chi connectivity index (χ1n) is 10.4. The standard InChI is InChI=1S/C24H24F3N3O/c25-24(26,27)17-5-1-4-16(14-17)23(31)30-18-11-9-15(10-12-18)22(28)20-6-2-8-21-19(20)7-3-13-29-21/h1-8,13-15,18,22H,9-12,28H2,(H,30,31). The summed E-state index contributed by atoms with van der Waals surface area (Å²) in [6.45, 7) is 0. The molecule has 1 amide bonds. The van der Waals surface area contributed by atoms with Gasteiger partial charge in [-0.05, 0) is 67.5 Å². The lowest BCUT2D eigenvalue weighted by Gasteiger charge is -2.33. The van der Waals surface area contributed by atoms with Crippen molar-refractivity contribution in [1.82, 2.24) is 10.3 Å². The maximum absolute atomic E-state index is 12.9. The van der Waals surface area contributed by atoms with E-state index in [1.54, 1.807) is 6.20 Å². The molecular formula is C24H24F3N3O. The summed E-state index contributed by atoms with van der Waals surface area (Å²) in [7, 11) is 0. The van der Waals surface area contributed by atoms with Gasteiger partial charge in [-0.3, -0.25) is 9.78 Å². The molecule has 31 heavy (non-hydrogen) atoms. The average molecular weight is 427 g/mol. The molecule has 7 heteroatoms. The van der Waals surface area contributed by atoms with Crippen LogP contribution in [0.2, 0.25) is 0 Å². The van der Waals surface area contributed by atoms with Crippen molar-refractivity contribution in [3.05, 3.63) is 77.5 Å². The fourth-order valence-electron chi connectivity index (χ4n) is 4.40. The first kappa shape index (κ1) is 21.3. The van der Waals surface area contributed by atoms with Crippen LogP contribution in [0.3, 0.4) is 0 Å². The van der Waals surface area contributed by atoms with Crippen LogP contribution in [0.1, 0.15) is 53.2 Å². The molecule has 1 unspecified atom stereocenters. The number of amides is 1. The molecule has 3 aromatic rings. The average Bonchev–Trinajstić information content (AvgIpc) is 2.78. The van der Waals surface area contributed by atoms with E-state index in [-0.39, 0.29) is 23.6 Å². The lowest BCUT2D eigenvalue weighted by molar-refractivity contribution is -0.137. The van der Waals surface area contributed by atoms with Gasteiger partial charge in [0.05, 0.1) is 11.1 Å². The molecule has 162 valence electrons. The van der Waals surface area contributed by atoms with E-state index in [2.05, 4.69) is 10.3 Å². The van der Waals surface area contributed by atoms with Crippen molar-refractivity contribution < 1.29 is 18.0 Å². The predicted octanol–water partition coefficient (Wildman–Crippen LogP) is 5.24. The molecule has 1 aromatic heterocycles. The molecule has 1 aliphatic carbocycles. The van der Waals surface area contributed by atoms with Crippen molar-refractivity contribution in [1.29, 1.82) is 0 Å². The number of carbonyl (C=O) groups excluding carboxylic acids is 1. The summed E-state index contributed by atoms with van der Waals surface area (Å²) in [6.07, 6.45) is 0.451. The molecule has 1 fully saturated rings. The molecule has 1 atom stereocenters. The Bertz CT molecular complexity index is 1070. The zero-order valence-corrected chi connectivity index (χ0v) is 16.9. The van der Waals surface area contributed by atoms with Crippen LogP contribution in [0.25, 0.3) is 10.9 Å². The van der Waals surface area contributed by atoms with Gasteiger partial charge in [-0.1, -0.05) is 24.3 Å². The third-order valence-corrected chi connectivity index (χ3v) is 6.11. The van der Waals surface area contributed by atoms with Crippen LogP contribution in [-0.4, -0.2) is 16.9 Å². The zero-order chi connectivity index (χ0) is 22.0. The predicted molar refractivity (Wildman–Crippen MR) is 113 cm³/mol. The quantitative estimate of drug-likeness (QED) is 0.598. The molecular weight excluding hydrogens is 403 g/mol. The molecule has 1 heterocycles. The summed E-state index contributed by atoms with van der Waals surface area (Å²) in [5, 5.41) is 3.94. The summed E-state index contributed by atoms with van der Waals surface area (Å²) in [5.74, 6) is -0.202. The maximum Gasteiger partial charge on any atom is 0.416 e. The highest BCUT2D eigenvalue weighted by molar-refractivity contribution is 5.94. The Morgan fingerprint density at radius 3 is 2.52 bits per heavy atom. The number of hydrogen-bond acceptors (Lipinski definition) is 3. The number of pyridine rings is 1. The van der Waals surface area contributed by atoms with Crippen LogP contribution in [-0.2, 0) is 6.18 Å². The van der Waals surface area contributed by atoms with E-state index in [4.69, 9.17) is 5.73 Å². The Labute approximate surface area is 178 Å². The Hall–Kier alpha value is -2.93. The molecule has 0 spiro atoms. The van der Waals surface area contributed by atoms with E-state index >= 15 is 0 Å². The fraction of sp³-hybridized carbons (Fsp3) is 0.333. The number of halogens is 3. The smallest absolute Gasteiger partial charge is 0.349 e. The van der Waals surface area contributed by atoms with Gasteiger partial charge in [0.25, 0.3) is 5.91 Å². The van der Waals surface area contributed by atoms with E-state index in [0.717, 1.165) is 54.3 Å². The Kier molecular flexibility index (Phi) is 5.96. The largest absolute Gasteiger partial charge is 0.416 e. The normalized spacial score (nSPS) is 20.4. The molecule has 0 bridgehead atoms. The summed E-state index contributed by atoms with van der Waals surface area (Å²) < 4.78 is 38.7. The van der Waals surface area contributed by atoms with Crippen LogP contribution in [0, 0.1) is 5.92 Å². The monoisotopic (exact) mass is 427 g/mol. The molecule has 3 N–H and O–H groups in total. The highest BCUT2D eigenvalue weighted by atomic mass is 19.4. The Balaban J connectivity index is 1.38. The molecule has 0 aliphatic heterocycles. The molecule has 4 nitrogen and oxygen atoms in total. The minimum absolute atomic E-state index is 0.0249. The van der Waals surface area contributed by atoms with Gasteiger partial charge in [0, 0.05) is 29.2 Å². The summed E-state index contributed by atoms with van der Waals surface area (Å²) in [6, 6.07) is 14.2. The van der Waals surface area contributed by atoms with E-state index in [9.17, 15) is 18.0 Å². The van der Waals surface area contributed by atoms with Crippen molar-refractivity contribution >= 4 is 16.8 Å². The first-order chi connectivity index (χ1) is 14.8. The zero-order valence-electron chi connectivity index (χ0n) is 16.9. The highest BCUT2D eigenvalue weighted by Crippen LogP contribution is 2.36. The summed E-state index contributed by atoms with van der Waals surface area (Å²) >= 11 is 0. The van der Waals surface area contributed by atoms with E-state index < -0.39 is 17.6 Å². The number of aromatic nitrogens is 1. The third kappa shape index (κ3) is 4.71. The van der Waals surface area contributed by atoms with Gasteiger partial charge in [-0.25, -0.2) is 0 Å². The number of rotatable bonds is 4. The van der Waals surface area contributed by atoms with E-state index in [1.807, 2.05) is 30.3 Å². The van der Waals surface area contributed by atoms with Crippen molar-refractivity contribution in [3.63, 3.8) is 0 Å². The first-order valence-corrected chi connectivity index (χ1v) is 10.4. The lowest BCUT2D eigenvalue weighted by Crippen LogP contribution is -2.39. The molecule has 1 saturated carbocycles. The van der Waals surface area contributed by atoms with Gasteiger partial charge < -0.3 is 11.1 Å².